The summed E-state index contributed by atoms with van der Waals surface area (Å²) in [6, 6.07) is 2.38. The standard InChI is InChI=1S/C13H14BrN3OS/c1-8-15-5-11(19-8)6-16-13(18)12-4-9(14)7-17(12)10-2-3-10/h4-5,7,10H,2-3,6H2,1H3,(H,16,18). The second-order valence-corrected chi connectivity index (χ2v) is 6.95. The molecule has 0 atom stereocenters. The Balaban J connectivity index is 1.70. The Labute approximate surface area is 124 Å². The van der Waals surface area contributed by atoms with E-state index in [4.69, 9.17) is 0 Å². The van der Waals surface area contributed by atoms with E-state index < -0.39 is 0 Å². The highest BCUT2D eigenvalue weighted by Gasteiger charge is 2.27. The third-order valence-electron chi connectivity index (χ3n) is 3.08. The van der Waals surface area contributed by atoms with Crippen LogP contribution in [0.4, 0.5) is 0 Å². The van der Waals surface area contributed by atoms with Crippen molar-refractivity contribution in [3.05, 3.63) is 38.5 Å². The highest BCUT2D eigenvalue weighted by atomic mass is 79.9. The van der Waals surface area contributed by atoms with Crippen LogP contribution in [0.5, 0.6) is 0 Å². The number of hydrogen-bond acceptors (Lipinski definition) is 3. The van der Waals surface area contributed by atoms with E-state index in [1.165, 1.54) is 0 Å². The smallest absolute Gasteiger partial charge is 0.268 e. The minimum Gasteiger partial charge on any atom is -0.346 e. The van der Waals surface area contributed by atoms with Crippen LogP contribution in [0.3, 0.4) is 0 Å². The van der Waals surface area contributed by atoms with Gasteiger partial charge in [0.05, 0.1) is 11.6 Å². The predicted molar refractivity (Wildman–Crippen MR) is 78.4 cm³/mol. The van der Waals surface area contributed by atoms with E-state index in [0.29, 0.717) is 12.6 Å². The average molecular weight is 340 g/mol. The number of hydrogen-bond donors (Lipinski definition) is 1. The molecule has 2 heterocycles. The van der Waals surface area contributed by atoms with Crippen LogP contribution in [0.2, 0.25) is 0 Å². The molecule has 1 aliphatic carbocycles. The van der Waals surface area contributed by atoms with E-state index in [2.05, 4.69) is 30.8 Å². The molecule has 0 bridgehead atoms. The van der Waals surface area contributed by atoms with Crippen LogP contribution in [0, 0.1) is 6.92 Å². The molecule has 1 N–H and O–H groups in total. The summed E-state index contributed by atoms with van der Waals surface area (Å²) >= 11 is 5.05. The first kappa shape index (κ1) is 12.9. The van der Waals surface area contributed by atoms with Crippen molar-refractivity contribution in [1.29, 1.82) is 0 Å². The molecule has 100 valence electrons. The topological polar surface area (TPSA) is 46.9 Å². The molecule has 1 saturated carbocycles. The number of nitrogens with one attached hydrogen (secondary N) is 1. The van der Waals surface area contributed by atoms with Gasteiger partial charge in [0.1, 0.15) is 5.69 Å². The van der Waals surface area contributed by atoms with E-state index in [0.717, 1.165) is 32.9 Å². The largest absolute Gasteiger partial charge is 0.346 e. The molecule has 0 radical (unpaired) electrons. The molecule has 2 aromatic heterocycles. The predicted octanol–water partition coefficient (Wildman–Crippen LogP) is 3.28. The lowest BCUT2D eigenvalue weighted by atomic mass is 10.4. The third-order valence-corrected chi connectivity index (χ3v) is 4.43. The van der Waals surface area contributed by atoms with Crippen molar-refractivity contribution in [3.8, 4) is 0 Å². The zero-order chi connectivity index (χ0) is 13.4. The Kier molecular flexibility index (Phi) is 3.45. The fourth-order valence-corrected chi connectivity index (χ4v) is 3.20. The van der Waals surface area contributed by atoms with Crippen LogP contribution in [-0.2, 0) is 6.54 Å². The minimum atomic E-state index is -0.0244. The molecule has 4 nitrogen and oxygen atoms in total. The van der Waals surface area contributed by atoms with Gasteiger partial charge in [-0.05, 0) is 41.8 Å². The molecule has 1 amide bonds. The highest BCUT2D eigenvalue weighted by molar-refractivity contribution is 9.10. The van der Waals surface area contributed by atoms with Crippen molar-refractivity contribution in [2.45, 2.75) is 32.4 Å². The Bertz CT molecular complexity index is 615. The molecule has 0 unspecified atom stereocenters. The van der Waals surface area contributed by atoms with Gasteiger partial charge in [-0.1, -0.05) is 0 Å². The quantitative estimate of drug-likeness (QED) is 0.929. The summed E-state index contributed by atoms with van der Waals surface area (Å²) < 4.78 is 3.02. The summed E-state index contributed by atoms with van der Waals surface area (Å²) in [6.45, 7) is 2.50. The zero-order valence-corrected chi connectivity index (χ0v) is 12.9. The second kappa shape index (κ2) is 5.09. The summed E-state index contributed by atoms with van der Waals surface area (Å²) in [5.74, 6) is -0.0244. The Hall–Kier alpha value is -1.14. The van der Waals surface area contributed by atoms with Crippen LogP contribution < -0.4 is 5.32 Å². The van der Waals surface area contributed by atoms with Crippen LogP contribution in [0.15, 0.2) is 22.9 Å². The Morgan fingerprint density at radius 2 is 2.42 bits per heavy atom. The van der Waals surface area contributed by atoms with Crippen molar-refractivity contribution in [2.24, 2.45) is 0 Å². The Morgan fingerprint density at radius 3 is 3.05 bits per heavy atom. The number of aromatic nitrogens is 2. The molecular weight excluding hydrogens is 326 g/mol. The SMILES string of the molecule is Cc1ncc(CNC(=O)c2cc(Br)cn2C2CC2)s1. The van der Waals surface area contributed by atoms with E-state index in [-0.39, 0.29) is 5.91 Å². The molecule has 6 heteroatoms. The number of carbonyl (C=O) groups excluding carboxylic acids is 1. The molecule has 0 saturated heterocycles. The van der Waals surface area contributed by atoms with Gasteiger partial charge in [-0.3, -0.25) is 4.79 Å². The number of thiazole rings is 1. The lowest BCUT2D eigenvalue weighted by Crippen LogP contribution is -2.24. The number of amides is 1. The molecule has 0 aromatic carbocycles. The molecule has 1 fully saturated rings. The van der Waals surface area contributed by atoms with Gasteiger partial charge >= 0.3 is 0 Å². The molecule has 0 spiro atoms. The van der Waals surface area contributed by atoms with Crippen LogP contribution >= 0.6 is 27.3 Å². The summed E-state index contributed by atoms with van der Waals surface area (Å²) in [5.41, 5.74) is 0.732. The van der Waals surface area contributed by atoms with E-state index in [1.807, 2.05) is 25.4 Å². The van der Waals surface area contributed by atoms with Crippen molar-refractivity contribution in [2.75, 3.05) is 0 Å². The third kappa shape index (κ3) is 2.90. The number of nitrogens with zero attached hydrogens (tertiary/aromatic N) is 2. The number of carbonyl (C=O) groups is 1. The minimum absolute atomic E-state index is 0.0244. The number of halogens is 1. The summed E-state index contributed by atoms with van der Waals surface area (Å²) in [4.78, 5) is 17.5. The van der Waals surface area contributed by atoms with Gasteiger partial charge in [0, 0.05) is 27.8 Å². The van der Waals surface area contributed by atoms with Crippen molar-refractivity contribution in [1.82, 2.24) is 14.9 Å². The van der Waals surface area contributed by atoms with Crippen LogP contribution in [0.25, 0.3) is 0 Å². The van der Waals surface area contributed by atoms with Gasteiger partial charge < -0.3 is 9.88 Å². The molecule has 1 aliphatic rings. The fraction of sp³-hybridized carbons (Fsp3) is 0.385. The van der Waals surface area contributed by atoms with Gasteiger partial charge in [0.15, 0.2) is 0 Å². The van der Waals surface area contributed by atoms with E-state index in [1.54, 1.807) is 11.3 Å². The van der Waals surface area contributed by atoms with Gasteiger partial charge in [-0.25, -0.2) is 4.98 Å². The van der Waals surface area contributed by atoms with E-state index in [9.17, 15) is 4.79 Å². The lowest BCUT2D eigenvalue weighted by molar-refractivity contribution is 0.0942. The van der Waals surface area contributed by atoms with Crippen molar-refractivity contribution >= 4 is 33.2 Å². The number of rotatable bonds is 4. The maximum absolute atomic E-state index is 12.2. The zero-order valence-electron chi connectivity index (χ0n) is 10.5. The van der Waals surface area contributed by atoms with E-state index >= 15 is 0 Å². The average Bonchev–Trinajstić information content (AvgIpc) is 3.03. The van der Waals surface area contributed by atoms with Gasteiger partial charge in [-0.15, -0.1) is 11.3 Å². The second-order valence-electron chi connectivity index (χ2n) is 4.71. The van der Waals surface area contributed by atoms with Crippen molar-refractivity contribution in [3.63, 3.8) is 0 Å². The summed E-state index contributed by atoms with van der Waals surface area (Å²) in [6.07, 6.45) is 6.13. The fourth-order valence-electron chi connectivity index (χ4n) is 2.03. The molecule has 3 rings (SSSR count). The first-order valence-corrected chi connectivity index (χ1v) is 7.81. The lowest BCUT2D eigenvalue weighted by Gasteiger charge is -2.07. The molecule has 19 heavy (non-hydrogen) atoms. The van der Waals surface area contributed by atoms with Gasteiger partial charge in [0.25, 0.3) is 5.91 Å². The maximum atomic E-state index is 12.2. The summed E-state index contributed by atoms with van der Waals surface area (Å²) in [7, 11) is 0. The maximum Gasteiger partial charge on any atom is 0.268 e. The monoisotopic (exact) mass is 339 g/mol. The molecule has 0 aliphatic heterocycles. The van der Waals surface area contributed by atoms with Crippen LogP contribution in [0.1, 0.15) is 39.3 Å². The van der Waals surface area contributed by atoms with Gasteiger partial charge in [0.2, 0.25) is 0 Å². The van der Waals surface area contributed by atoms with Crippen LogP contribution in [-0.4, -0.2) is 15.5 Å². The first-order chi connectivity index (χ1) is 9.13. The Morgan fingerprint density at radius 1 is 1.63 bits per heavy atom. The normalized spacial score (nSPS) is 14.6. The molecular formula is C13H14BrN3OS. The highest BCUT2D eigenvalue weighted by Crippen LogP contribution is 2.37. The summed E-state index contributed by atoms with van der Waals surface area (Å²) in [5, 5.41) is 3.98. The molecule has 2 aromatic rings. The first-order valence-electron chi connectivity index (χ1n) is 6.20. The number of aryl methyl sites for hydroxylation is 1. The van der Waals surface area contributed by atoms with Gasteiger partial charge in [-0.2, -0.15) is 0 Å². The van der Waals surface area contributed by atoms with Crippen molar-refractivity contribution < 1.29 is 4.79 Å².